The van der Waals surface area contributed by atoms with Crippen LogP contribution in [0.1, 0.15) is 37.8 Å². The molecule has 0 bridgehead atoms. The highest BCUT2D eigenvalue weighted by atomic mass is 35.5. The van der Waals surface area contributed by atoms with Crippen LogP contribution in [0.25, 0.3) is 0 Å². The molecule has 1 aromatic carbocycles. The molecule has 0 radical (unpaired) electrons. The largest absolute Gasteiger partial charge is 0.373 e. The Kier molecular flexibility index (Phi) is 5.75. The molecule has 0 saturated heterocycles. The summed E-state index contributed by atoms with van der Waals surface area (Å²) in [7, 11) is 0. The van der Waals surface area contributed by atoms with Crippen LogP contribution in [-0.4, -0.2) is 6.15 Å². The molecule has 3 nitrogen and oxygen atoms in total. The number of dihydropyridines is 1. The fourth-order valence-corrected chi connectivity index (χ4v) is 2.51. The van der Waals surface area contributed by atoms with Crippen molar-refractivity contribution >= 4 is 17.8 Å². The van der Waals surface area contributed by atoms with E-state index in [-0.39, 0.29) is 6.15 Å². The van der Waals surface area contributed by atoms with Crippen LogP contribution in [0, 0.1) is 6.92 Å². The molecule has 0 fully saturated rings. The van der Waals surface area contributed by atoms with Crippen LogP contribution in [0.3, 0.4) is 0 Å². The van der Waals surface area contributed by atoms with Crippen molar-refractivity contribution in [3.05, 3.63) is 57.4 Å². The second kappa shape index (κ2) is 7.09. The van der Waals surface area contributed by atoms with E-state index in [1.165, 1.54) is 28.1 Å². The Morgan fingerprint density at radius 3 is 2.35 bits per heavy atom. The number of benzene rings is 1. The van der Waals surface area contributed by atoms with E-state index in [9.17, 15) is 0 Å². The Labute approximate surface area is 124 Å². The van der Waals surface area contributed by atoms with Gasteiger partial charge in [0.15, 0.2) is 0 Å². The predicted octanol–water partition coefficient (Wildman–Crippen LogP) is 3.95. The maximum absolute atomic E-state index is 8.12. The third-order valence-electron chi connectivity index (χ3n) is 3.50. The Hall–Kier alpha value is -1.83. The van der Waals surface area contributed by atoms with E-state index in [1.54, 1.807) is 0 Å². The highest BCUT2D eigenvalue weighted by Crippen LogP contribution is 2.35. The van der Waals surface area contributed by atoms with E-state index in [4.69, 9.17) is 21.2 Å². The maximum Gasteiger partial charge on any atom is 0.373 e. The maximum atomic E-state index is 8.12. The van der Waals surface area contributed by atoms with Crippen LogP contribution in [0.5, 0.6) is 0 Å². The summed E-state index contributed by atoms with van der Waals surface area (Å²) in [5, 5.41) is 4.22. The first-order valence-corrected chi connectivity index (χ1v) is 6.67. The van der Waals surface area contributed by atoms with Gasteiger partial charge in [-0.3, -0.25) is 0 Å². The van der Waals surface area contributed by atoms with Crippen LogP contribution in [-0.2, 0) is 9.59 Å². The van der Waals surface area contributed by atoms with Crippen LogP contribution in [0.2, 0.25) is 5.02 Å². The van der Waals surface area contributed by atoms with Crippen molar-refractivity contribution in [3.63, 3.8) is 0 Å². The molecule has 1 aromatic rings. The lowest BCUT2D eigenvalue weighted by Gasteiger charge is -2.26. The van der Waals surface area contributed by atoms with Gasteiger partial charge in [0, 0.05) is 22.3 Å². The molecular weight excluding hydrogens is 274 g/mol. The van der Waals surface area contributed by atoms with Gasteiger partial charge >= 0.3 is 6.15 Å². The smallest absolute Gasteiger partial charge is 0.363 e. The highest BCUT2D eigenvalue weighted by molar-refractivity contribution is 6.31. The minimum Gasteiger partial charge on any atom is -0.363 e. The van der Waals surface area contributed by atoms with Crippen LogP contribution in [0.15, 0.2) is 41.2 Å². The van der Waals surface area contributed by atoms with Gasteiger partial charge in [0.1, 0.15) is 0 Å². The summed E-state index contributed by atoms with van der Waals surface area (Å²) in [4.78, 5) is 16.2. The molecule has 1 aliphatic heterocycles. The molecule has 0 saturated carbocycles. The van der Waals surface area contributed by atoms with Gasteiger partial charge in [-0.05, 0) is 50.5 Å². The van der Waals surface area contributed by atoms with Crippen LogP contribution < -0.4 is 5.32 Å². The lowest BCUT2D eigenvalue weighted by atomic mass is 9.85. The van der Waals surface area contributed by atoms with Gasteiger partial charge in [-0.2, -0.15) is 9.59 Å². The molecular formula is C16H18ClNO2. The van der Waals surface area contributed by atoms with Crippen LogP contribution in [0.4, 0.5) is 0 Å². The summed E-state index contributed by atoms with van der Waals surface area (Å²) in [5.74, 6) is 0.343. The fourth-order valence-electron chi connectivity index (χ4n) is 2.33. The second-order valence-electron chi connectivity index (χ2n) is 4.80. The SMILES string of the molecule is CC1=CC(c2cccc(Cl)c2C)C(C)=C(C)N1.O=C=O. The molecule has 0 aromatic heterocycles. The van der Waals surface area contributed by atoms with Gasteiger partial charge in [0.25, 0.3) is 0 Å². The molecule has 1 heterocycles. The van der Waals surface area contributed by atoms with Gasteiger partial charge in [-0.25, -0.2) is 0 Å². The summed E-state index contributed by atoms with van der Waals surface area (Å²) < 4.78 is 0. The minimum absolute atomic E-state index is 0.250. The van der Waals surface area contributed by atoms with E-state index >= 15 is 0 Å². The number of nitrogens with one attached hydrogen (secondary N) is 1. The van der Waals surface area contributed by atoms with Crippen molar-refractivity contribution in [2.75, 3.05) is 0 Å². The van der Waals surface area contributed by atoms with Crippen molar-refractivity contribution in [3.8, 4) is 0 Å². The highest BCUT2D eigenvalue weighted by Gasteiger charge is 2.19. The average Bonchev–Trinajstić information content (AvgIpc) is 2.38. The van der Waals surface area contributed by atoms with E-state index in [0.29, 0.717) is 5.92 Å². The van der Waals surface area contributed by atoms with Gasteiger partial charge < -0.3 is 5.32 Å². The first-order chi connectivity index (χ1) is 9.42. The number of allylic oxidation sites excluding steroid dienone is 4. The standard InChI is InChI=1S/C15H18ClN.CO2/c1-9-8-14(10(2)12(4)17-9)13-6-5-7-15(16)11(13)3;2-1-3/h5-8,14,17H,1-4H3;. The Balaban J connectivity index is 0.000000612. The summed E-state index contributed by atoms with van der Waals surface area (Å²) in [6.45, 7) is 8.49. The number of halogens is 1. The van der Waals surface area contributed by atoms with Gasteiger partial charge in [0.2, 0.25) is 0 Å². The number of carbonyl (C=O) groups excluding carboxylic acids is 2. The van der Waals surface area contributed by atoms with Crippen molar-refractivity contribution < 1.29 is 9.59 Å². The van der Waals surface area contributed by atoms with Gasteiger partial charge in [-0.15, -0.1) is 0 Å². The molecule has 4 heteroatoms. The zero-order chi connectivity index (χ0) is 15.3. The predicted molar refractivity (Wildman–Crippen MR) is 79.2 cm³/mol. The lowest BCUT2D eigenvalue weighted by Crippen LogP contribution is -2.19. The average molecular weight is 292 g/mol. The number of hydrogen-bond acceptors (Lipinski definition) is 3. The topological polar surface area (TPSA) is 46.2 Å². The second-order valence-corrected chi connectivity index (χ2v) is 5.20. The number of rotatable bonds is 1. The Morgan fingerprint density at radius 1 is 1.15 bits per heavy atom. The fraction of sp³-hybridized carbons (Fsp3) is 0.312. The zero-order valence-corrected chi connectivity index (χ0v) is 12.8. The Bertz CT molecular complexity index is 596. The molecule has 20 heavy (non-hydrogen) atoms. The van der Waals surface area contributed by atoms with Gasteiger partial charge in [-0.1, -0.05) is 29.8 Å². The third kappa shape index (κ3) is 3.60. The van der Waals surface area contributed by atoms with Crippen molar-refractivity contribution in [1.29, 1.82) is 0 Å². The van der Waals surface area contributed by atoms with Gasteiger partial charge in [0.05, 0.1) is 0 Å². The molecule has 0 amide bonds. The van der Waals surface area contributed by atoms with E-state index in [2.05, 4.69) is 45.2 Å². The summed E-state index contributed by atoms with van der Waals surface area (Å²) in [5.41, 5.74) is 6.29. The molecule has 0 aliphatic carbocycles. The van der Waals surface area contributed by atoms with E-state index in [0.717, 1.165) is 5.02 Å². The zero-order valence-electron chi connectivity index (χ0n) is 12.1. The molecule has 1 unspecified atom stereocenters. The normalized spacial score (nSPS) is 17.4. The van der Waals surface area contributed by atoms with E-state index in [1.807, 2.05) is 12.1 Å². The van der Waals surface area contributed by atoms with Crippen LogP contribution >= 0.6 is 11.6 Å². The molecule has 2 rings (SSSR count). The summed E-state index contributed by atoms with van der Waals surface area (Å²) in [6.07, 6.45) is 2.51. The minimum atomic E-state index is 0.250. The Morgan fingerprint density at radius 2 is 1.75 bits per heavy atom. The molecule has 0 spiro atoms. The first kappa shape index (κ1) is 16.2. The number of hydrogen-bond donors (Lipinski definition) is 1. The summed E-state index contributed by atoms with van der Waals surface area (Å²) in [6, 6.07) is 6.14. The lowest BCUT2D eigenvalue weighted by molar-refractivity contribution is -0.191. The molecule has 106 valence electrons. The van der Waals surface area contributed by atoms with Crippen molar-refractivity contribution in [2.24, 2.45) is 0 Å². The van der Waals surface area contributed by atoms with Crippen molar-refractivity contribution in [1.82, 2.24) is 5.32 Å². The molecule has 1 N–H and O–H groups in total. The summed E-state index contributed by atoms with van der Waals surface area (Å²) >= 11 is 6.20. The third-order valence-corrected chi connectivity index (χ3v) is 3.91. The quantitative estimate of drug-likeness (QED) is 0.852. The van der Waals surface area contributed by atoms with Crippen molar-refractivity contribution in [2.45, 2.75) is 33.6 Å². The molecule has 1 atom stereocenters. The monoisotopic (exact) mass is 291 g/mol. The van der Waals surface area contributed by atoms with E-state index < -0.39 is 0 Å². The molecule has 1 aliphatic rings. The first-order valence-electron chi connectivity index (χ1n) is 6.29.